The Kier molecular flexibility index (Phi) is 1.74. The zero-order valence-electron chi connectivity index (χ0n) is 8.30. The van der Waals surface area contributed by atoms with Gasteiger partial charge in [-0.25, -0.2) is 4.68 Å². The van der Waals surface area contributed by atoms with E-state index in [0.29, 0.717) is 11.6 Å². The number of hydrogen-bond donors (Lipinski definition) is 1. The topological polar surface area (TPSA) is 56.7 Å². The summed E-state index contributed by atoms with van der Waals surface area (Å²) in [5, 5.41) is 4.50. The fourth-order valence-corrected chi connectivity index (χ4v) is 1.65. The molecule has 4 heteroatoms. The highest BCUT2D eigenvalue weighted by Crippen LogP contribution is 2.38. The highest BCUT2D eigenvalue weighted by molar-refractivity contribution is 5.43. The van der Waals surface area contributed by atoms with Gasteiger partial charge in [-0.3, -0.25) is 4.98 Å². The second kappa shape index (κ2) is 3.08. The van der Waals surface area contributed by atoms with Crippen LogP contribution in [0.15, 0.2) is 30.7 Å². The van der Waals surface area contributed by atoms with Crippen LogP contribution >= 0.6 is 0 Å². The van der Waals surface area contributed by atoms with Crippen LogP contribution in [0, 0.1) is 0 Å². The van der Waals surface area contributed by atoms with Crippen molar-refractivity contribution < 1.29 is 0 Å². The molecule has 15 heavy (non-hydrogen) atoms. The second-order valence-corrected chi connectivity index (χ2v) is 3.94. The van der Waals surface area contributed by atoms with Gasteiger partial charge in [-0.05, 0) is 25.0 Å². The van der Waals surface area contributed by atoms with Crippen molar-refractivity contribution in [3.8, 4) is 5.69 Å². The van der Waals surface area contributed by atoms with Crippen LogP contribution in [0.25, 0.3) is 5.69 Å². The summed E-state index contributed by atoms with van der Waals surface area (Å²) in [7, 11) is 0. The molecule has 1 saturated carbocycles. The van der Waals surface area contributed by atoms with Crippen LogP contribution in [-0.4, -0.2) is 14.8 Å². The third-order valence-electron chi connectivity index (χ3n) is 2.61. The Morgan fingerprint density at radius 2 is 2.20 bits per heavy atom. The summed E-state index contributed by atoms with van der Waals surface area (Å²) in [5.74, 6) is 0.681. The van der Waals surface area contributed by atoms with Crippen molar-refractivity contribution in [1.82, 2.24) is 14.8 Å². The first kappa shape index (κ1) is 8.47. The Balaban J connectivity index is 1.97. The maximum atomic E-state index is 5.67. The average molecular weight is 200 g/mol. The number of nitrogen functional groups attached to an aromatic ring is 1. The zero-order valence-corrected chi connectivity index (χ0v) is 8.30. The van der Waals surface area contributed by atoms with Crippen molar-refractivity contribution >= 4 is 5.69 Å². The Labute approximate surface area is 87.7 Å². The molecule has 1 aliphatic rings. The number of nitrogens with zero attached hydrogens (tertiary/aromatic N) is 3. The van der Waals surface area contributed by atoms with E-state index in [1.54, 1.807) is 12.4 Å². The number of pyridine rings is 1. The summed E-state index contributed by atoms with van der Waals surface area (Å²) < 4.78 is 1.83. The molecular weight excluding hydrogens is 188 g/mol. The SMILES string of the molecule is Nc1cncc(-n2ccc(C3CC3)n2)c1. The van der Waals surface area contributed by atoms with Crippen LogP contribution in [0.4, 0.5) is 5.69 Å². The second-order valence-electron chi connectivity index (χ2n) is 3.94. The summed E-state index contributed by atoms with van der Waals surface area (Å²) in [4.78, 5) is 4.04. The van der Waals surface area contributed by atoms with E-state index in [1.807, 2.05) is 16.9 Å². The van der Waals surface area contributed by atoms with Crippen molar-refractivity contribution in [2.24, 2.45) is 0 Å². The molecule has 76 valence electrons. The van der Waals surface area contributed by atoms with E-state index in [4.69, 9.17) is 5.73 Å². The van der Waals surface area contributed by atoms with Crippen LogP contribution in [-0.2, 0) is 0 Å². The molecule has 0 aromatic carbocycles. The third-order valence-corrected chi connectivity index (χ3v) is 2.61. The van der Waals surface area contributed by atoms with Gasteiger partial charge in [0, 0.05) is 18.3 Å². The molecule has 0 spiro atoms. The van der Waals surface area contributed by atoms with E-state index >= 15 is 0 Å². The molecule has 0 radical (unpaired) electrons. The number of aromatic nitrogens is 3. The van der Waals surface area contributed by atoms with Crippen molar-refractivity contribution in [3.63, 3.8) is 0 Å². The predicted octanol–water partition coefficient (Wildman–Crippen LogP) is 1.73. The van der Waals surface area contributed by atoms with Crippen molar-refractivity contribution in [1.29, 1.82) is 0 Å². The minimum absolute atomic E-state index is 0.663. The fourth-order valence-electron chi connectivity index (χ4n) is 1.65. The normalized spacial score (nSPS) is 15.5. The Hall–Kier alpha value is -1.84. The molecule has 2 aromatic heterocycles. The number of rotatable bonds is 2. The summed E-state index contributed by atoms with van der Waals surface area (Å²) in [6.07, 6.45) is 7.90. The standard InChI is InChI=1S/C11H12N4/c12-9-5-10(7-13-6-9)15-4-3-11(14-15)8-1-2-8/h3-8H,1-2,12H2. The van der Waals surface area contributed by atoms with Crippen molar-refractivity contribution in [2.45, 2.75) is 18.8 Å². The number of hydrogen-bond acceptors (Lipinski definition) is 3. The van der Waals surface area contributed by atoms with Crippen LogP contribution in [0.3, 0.4) is 0 Å². The fraction of sp³-hybridized carbons (Fsp3) is 0.273. The van der Waals surface area contributed by atoms with Gasteiger partial charge >= 0.3 is 0 Å². The first-order chi connectivity index (χ1) is 7.33. The first-order valence-electron chi connectivity index (χ1n) is 5.09. The maximum Gasteiger partial charge on any atom is 0.0849 e. The van der Waals surface area contributed by atoms with Gasteiger partial charge < -0.3 is 5.73 Å². The summed E-state index contributed by atoms with van der Waals surface area (Å²) >= 11 is 0. The zero-order chi connectivity index (χ0) is 10.3. The van der Waals surface area contributed by atoms with Crippen LogP contribution in [0.2, 0.25) is 0 Å². The molecule has 4 nitrogen and oxygen atoms in total. The van der Waals surface area contributed by atoms with Crippen molar-refractivity contribution in [2.75, 3.05) is 5.73 Å². The van der Waals surface area contributed by atoms with Gasteiger partial charge in [0.15, 0.2) is 0 Å². The summed E-state index contributed by atoms with van der Waals surface area (Å²) in [6, 6.07) is 3.94. The van der Waals surface area contributed by atoms with Gasteiger partial charge in [-0.15, -0.1) is 0 Å². The van der Waals surface area contributed by atoms with Gasteiger partial charge in [0.2, 0.25) is 0 Å². The van der Waals surface area contributed by atoms with Crippen LogP contribution in [0.1, 0.15) is 24.5 Å². The lowest BCUT2D eigenvalue weighted by molar-refractivity contribution is 0.833. The van der Waals surface area contributed by atoms with E-state index < -0.39 is 0 Å². The van der Waals surface area contributed by atoms with Crippen LogP contribution < -0.4 is 5.73 Å². The Morgan fingerprint density at radius 3 is 2.93 bits per heavy atom. The van der Waals surface area contributed by atoms with E-state index in [-0.39, 0.29) is 0 Å². The molecular formula is C11H12N4. The minimum atomic E-state index is 0.663. The molecule has 2 aromatic rings. The lowest BCUT2D eigenvalue weighted by Crippen LogP contribution is -1.98. The van der Waals surface area contributed by atoms with Gasteiger partial charge in [0.05, 0.1) is 23.3 Å². The molecule has 0 atom stereocenters. The Bertz CT molecular complexity index is 485. The average Bonchev–Trinajstić information content (AvgIpc) is 2.97. The van der Waals surface area contributed by atoms with Crippen LogP contribution in [0.5, 0.6) is 0 Å². The molecule has 0 saturated heterocycles. The third kappa shape index (κ3) is 1.58. The minimum Gasteiger partial charge on any atom is -0.397 e. The summed E-state index contributed by atoms with van der Waals surface area (Å²) in [5.41, 5.74) is 8.43. The van der Waals surface area contributed by atoms with Gasteiger partial charge in [-0.1, -0.05) is 0 Å². The molecule has 1 fully saturated rings. The van der Waals surface area contributed by atoms with E-state index in [2.05, 4.69) is 16.1 Å². The lowest BCUT2D eigenvalue weighted by Gasteiger charge is -2.00. The first-order valence-corrected chi connectivity index (χ1v) is 5.09. The quantitative estimate of drug-likeness (QED) is 0.803. The predicted molar refractivity (Wildman–Crippen MR) is 57.7 cm³/mol. The molecule has 0 aliphatic heterocycles. The van der Waals surface area contributed by atoms with E-state index in [1.165, 1.54) is 18.5 Å². The number of anilines is 1. The van der Waals surface area contributed by atoms with Gasteiger partial charge in [-0.2, -0.15) is 5.10 Å². The maximum absolute atomic E-state index is 5.67. The van der Waals surface area contributed by atoms with Gasteiger partial charge in [0.25, 0.3) is 0 Å². The van der Waals surface area contributed by atoms with E-state index in [9.17, 15) is 0 Å². The molecule has 0 bridgehead atoms. The highest BCUT2D eigenvalue weighted by atomic mass is 15.3. The molecule has 0 unspecified atom stereocenters. The lowest BCUT2D eigenvalue weighted by atomic mass is 10.3. The molecule has 2 N–H and O–H groups in total. The Morgan fingerprint density at radius 1 is 1.33 bits per heavy atom. The largest absolute Gasteiger partial charge is 0.397 e. The van der Waals surface area contributed by atoms with Gasteiger partial charge in [0.1, 0.15) is 0 Å². The number of nitrogens with two attached hydrogens (primary N) is 1. The molecule has 1 aliphatic carbocycles. The molecule has 2 heterocycles. The smallest absolute Gasteiger partial charge is 0.0849 e. The molecule has 3 rings (SSSR count). The highest BCUT2D eigenvalue weighted by Gasteiger charge is 2.25. The summed E-state index contributed by atoms with van der Waals surface area (Å²) in [6.45, 7) is 0. The molecule has 0 amide bonds. The van der Waals surface area contributed by atoms with Crippen molar-refractivity contribution in [3.05, 3.63) is 36.4 Å². The monoisotopic (exact) mass is 200 g/mol. The van der Waals surface area contributed by atoms with E-state index in [0.717, 1.165) is 5.69 Å².